The summed E-state index contributed by atoms with van der Waals surface area (Å²) in [5, 5.41) is 6.42. The van der Waals surface area contributed by atoms with Crippen LogP contribution in [0.25, 0.3) is 16.5 Å². The predicted octanol–water partition coefficient (Wildman–Crippen LogP) is 8.39. The summed E-state index contributed by atoms with van der Waals surface area (Å²) in [6, 6.07) is 16.4. The third kappa shape index (κ3) is 4.95. The molecule has 0 spiro atoms. The fourth-order valence-electron chi connectivity index (χ4n) is 7.88. The summed E-state index contributed by atoms with van der Waals surface area (Å²) < 4.78 is 1.58. The van der Waals surface area contributed by atoms with Crippen LogP contribution in [-0.4, -0.2) is 15.5 Å². The van der Waals surface area contributed by atoms with Crippen molar-refractivity contribution in [2.45, 2.75) is 54.9 Å². The smallest absolute Gasteiger partial charge is 0.263 e. The molecule has 4 aromatic rings. The van der Waals surface area contributed by atoms with Gasteiger partial charge in [0.1, 0.15) is 5.03 Å². The molecular weight excluding hydrogens is 561 g/mol. The number of rotatable bonds is 6. The van der Waals surface area contributed by atoms with Crippen LogP contribution in [0.4, 0.5) is 5.69 Å². The Bertz CT molecular complexity index is 1650. The van der Waals surface area contributed by atoms with Gasteiger partial charge in [0, 0.05) is 39.0 Å². The lowest BCUT2D eigenvalue weighted by molar-refractivity contribution is -0.124. The topological polar surface area (TPSA) is 64.0 Å². The fourth-order valence-corrected chi connectivity index (χ4v) is 9.16. The Kier molecular flexibility index (Phi) is 6.68. The molecule has 4 aliphatic rings. The van der Waals surface area contributed by atoms with Crippen molar-refractivity contribution in [3.63, 3.8) is 0 Å². The maximum Gasteiger partial charge on any atom is 0.263 e. The van der Waals surface area contributed by atoms with Crippen LogP contribution in [0.15, 0.2) is 81.7 Å². The third-order valence-electron chi connectivity index (χ3n) is 9.03. The Morgan fingerprint density at radius 2 is 1.73 bits per heavy atom. The number of halogens is 2. The van der Waals surface area contributed by atoms with Gasteiger partial charge in [-0.25, -0.2) is 4.98 Å². The average Bonchev–Trinajstić information content (AvgIpc) is 2.91. The molecule has 0 radical (unpaired) electrons. The molecule has 2 heterocycles. The molecule has 1 amide bonds. The summed E-state index contributed by atoms with van der Waals surface area (Å²) in [6.07, 6.45) is 11.7. The minimum absolute atomic E-state index is 0.0655. The molecule has 0 saturated heterocycles. The number of nitrogens with zero attached hydrogens (tertiary/aromatic N) is 2. The van der Waals surface area contributed by atoms with Gasteiger partial charge < -0.3 is 5.32 Å². The summed E-state index contributed by atoms with van der Waals surface area (Å²) >= 11 is 13.8. The molecule has 2 aromatic carbocycles. The number of amides is 1. The number of aromatic nitrogens is 2. The van der Waals surface area contributed by atoms with Crippen LogP contribution < -0.4 is 10.9 Å². The highest BCUT2D eigenvalue weighted by Gasteiger charge is 2.51. The average molecular weight is 591 g/mol. The zero-order chi connectivity index (χ0) is 27.4. The van der Waals surface area contributed by atoms with Crippen LogP contribution in [0.3, 0.4) is 0 Å². The molecule has 4 bridgehead atoms. The first-order chi connectivity index (χ1) is 19.3. The molecule has 0 atom stereocenters. The summed E-state index contributed by atoms with van der Waals surface area (Å²) in [6.45, 7) is 0. The van der Waals surface area contributed by atoms with Crippen LogP contribution in [0.2, 0.25) is 10.0 Å². The van der Waals surface area contributed by atoms with Crippen LogP contribution >= 0.6 is 35.0 Å². The highest BCUT2D eigenvalue weighted by atomic mass is 35.5. The van der Waals surface area contributed by atoms with Gasteiger partial charge in [0.05, 0.1) is 16.9 Å². The molecule has 0 unspecified atom stereocenters. The normalized spacial score (nSPS) is 24.9. The third-order valence-corrected chi connectivity index (χ3v) is 10.7. The number of pyridine rings is 2. The van der Waals surface area contributed by atoms with E-state index < -0.39 is 0 Å². The predicted molar refractivity (Wildman–Crippen MR) is 162 cm³/mol. The fraction of sp³-hybridized carbons (Fsp3) is 0.344. The Morgan fingerprint density at radius 1 is 0.975 bits per heavy atom. The molecule has 8 heteroatoms. The monoisotopic (exact) mass is 589 g/mol. The van der Waals surface area contributed by atoms with E-state index in [0.717, 1.165) is 33.1 Å². The molecule has 1 N–H and O–H groups in total. The van der Waals surface area contributed by atoms with Crippen LogP contribution in [0.5, 0.6) is 0 Å². The van der Waals surface area contributed by atoms with E-state index in [2.05, 4.69) is 10.3 Å². The van der Waals surface area contributed by atoms with Crippen molar-refractivity contribution in [3.05, 3.63) is 87.4 Å². The number of carbonyl (C=O) groups is 1. The van der Waals surface area contributed by atoms with Gasteiger partial charge in [0.2, 0.25) is 5.91 Å². The van der Waals surface area contributed by atoms with Crippen molar-refractivity contribution < 1.29 is 4.79 Å². The lowest BCUT2D eigenvalue weighted by Gasteiger charge is -2.56. The van der Waals surface area contributed by atoms with Gasteiger partial charge in [-0.1, -0.05) is 41.0 Å². The SMILES string of the molecule is O=C(CC12CC3CC(CC(C3)C1)C2)Nc1cccc2c(=O)n(-c3ccc(Sc4cc(Cl)ccc4Cl)nc3)ccc12. The quantitative estimate of drug-likeness (QED) is 0.245. The summed E-state index contributed by atoms with van der Waals surface area (Å²) in [4.78, 5) is 32.2. The van der Waals surface area contributed by atoms with Crippen molar-refractivity contribution >= 4 is 57.3 Å². The second kappa shape index (κ2) is 10.2. The molecule has 5 nitrogen and oxygen atoms in total. The van der Waals surface area contributed by atoms with Gasteiger partial charge in [-0.15, -0.1) is 0 Å². The number of benzene rings is 2. The number of hydrogen-bond donors (Lipinski definition) is 1. The maximum atomic E-state index is 13.5. The van der Waals surface area contributed by atoms with E-state index in [9.17, 15) is 9.59 Å². The first kappa shape index (κ1) is 26.1. The first-order valence-electron chi connectivity index (χ1n) is 13.9. The number of hydrogen-bond acceptors (Lipinski definition) is 4. The number of anilines is 1. The van der Waals surface area contributed by atoms with E-state index >= 15 is 0 Å². The Balaban J connectivity index is 1.10. The Morgan fingerprint density at radius 3 is 2.42 bits per heavy atom. The van der Waals surface area contributed by atoms with Gasteiger partial charge in [-0.2, -0.15) is 0 Å². The molecule has 2 aromatic heterocycles. The Labute approximate surface area is 247 Å². The molecular formula is C32H29Cl2N3O2S. The van der Waals surface area contributed by atoms with Gasteiger partial charge in [0.15, 0.2) is 0 Å². The molecule has 4 aliphatic carbocycles. The van der Waals surface area contributed by atoms with Crippen LogP contribution in [-0.2, 0) is 4.79 Å². The maximum absolute atomic E-state index is 13.5. The van der Waals surface area contributed by atoms with E-state index in [1.54, 1.807) is 35.2 Å². The summed E-state index contributed by atoms with van der Waals surface area (Å²) in [5.74, 6) is 2.50. The zero-order valence-corrected chi connectivity index (χ0v) is 24.2. The number of carbonyl (C=O) groups excluding carboxylic acids is 1. The number of nitrogens with one attached hydrogen (secondary N) is 1. The van der Waals surface area contributed by atoms with Gasteiger partial charge in [-0.05, 0) is 110 Å². The van der Waals surface area contributed by atoms with Crippen LogP contribution in [0.1, 0.15) is 44.9 Å². The lowest BCUT2D eigenvalue weighted by atomic mass is 9.49. The van der Waals surface area contributed by atoms with E-state index in [4.69, 9.17) is 23.2 Å². The largest absolute Gasteiger partial charge is 0.325 e. The summed E-state index contributed by atoms with van der Waals surface area (Å²) in [7, 11) is 0. The molecule has 204 valence electrons. The summed E-state index contributed by atoms with van der Waals surface area (Å²) in [5.41, 5.74) is 1.37. The number of fused-ring (bicyclic) bond motifs is 1. The second-order valence-electron chi connectivity index (χ2n) is 11.9. The van der Waals surface area contributed by atoms with E-state index in [-0.39, 0.29) is 16.9 Å². The molecule has 40 heavy (non-hydrogen) atoms. The van der Waals surface area contributed by atoms with E-state index in [1.165, 1.54) is 50.3 Å². The second-order valence-corrected chi connectivity index (χ2v) is 13.8. The lowest BCUT2D eigenvalue weighted by Crippen LogP contribution is -2.47. The van der Waals surface area contributed by atoms with Gasteiger partial charge >= 0.3 is 0 Å². The zero-order valence-electron chi connectivity index (χ0n) is 21.9. The standard InChI is InChI=1S/C32H29Cl2N3O2S/c33-22-4-6-26(34)28(13-22)40-30-7-5-23(18-35-30)37-9-8-24-25(31(37)39)2-1-3-27(24)36-29(38)17-32-14-19-10-20(15-32)12-21(11-19)16-32/h1-9,13,18-21H,10-12,14-17H2,(H,36,38). The van der Waals surface area contributed by atoms with Crippen LogP contribution in [0, 0.1) is 23.2 Å². The molecule has 8 rings (SSSR count). The van der Waals surface area contributed by atoms with Crippen molar-refractivity contribution in [2.75, 3.05) is 5.32 Å². The molecule has 4 saturated carbocycles. The van der Waals surface area contributed by atoms with E-state index in [1.807, 2.05) is 36.4 Å². The van der Waals surface area contributed by atoms with Crippen molar-refractivity contribution in [1.29, 1.82) is 0 Å². The minimum Gasteiger partial charge on any atom is -0.325 e. The molecule has 0 aliphatic heterocycles. The van der Waals surface area contributed by atoms with Crippen molar-refractivity contribution in [2.24, 2.45) is 23.2 Å². The van der Waals surface area contributed by atoms with Crippen molar-refractivity contribution in [1.82, 2.24) is 9.55 Å². The minimum atomic E-state index is -0.158. The first-order valence-corrected chi connectivity index (χ1v) is 15.4. The van der Waals surface area contributed by atoms with E-state index in [0.29, 0.717) is 33.2 Å². The Hall–Kier alpha value is -2.80. The highest BCUT2D eigenvalue weighted by molar-refractivity contribution is 7.99. The van der Waals surface area contributed by atoms with Crippen molar-refractivity contribution in [3.8, 4) is 5.69 Å². The molecule has 4 fully saturated rings. The van der Waals surface area contributed by atoms with Gasteiger partial charge in [-0.3, -0.25) is 14.2 Å². The van der Waals surface area contributed by atoms with Gasteiger partial charge in [0.25, 0.3) is 5.56 Å². The highest BCUT2D eigenvalue weighted by Crippen LogP contribution is 2.61.